The Morgan fingerprint density at radius 1 is 1.75 bits per heavy atom. The van der Waals surface area contributed by atoms with Gasteiger partial charge in [0, 0.05) is 16.2 Å². The van der Waals surface area contributed by atoms with Gasteiger partial charge in [0.2, 0.25) is 0 Å². The summed E-state index contributed by atoms with van der Waals surface area (Å²) in [6.07, 6.45) is 1.52. The Morgan fingerprint density at radius 3 is 3.00 bits per heavy atom. The molecule has 1 aromatic rings. The van der Waals surface area contributed by atoms with Gasteiger partial charge in [-0.15, -0.1) is 0 Å². The number of halogens is 1. The standard InChI is InChI=1S/C7H9BrN2O2/c8-4-1-5(6(9)3-11)7(12)10-2-4/h1-2,6,11H,3,9H2,(H,10,12)/t6-/m0/s1. The SMILES string of the molecule is N[C@@H](CO)c1cc(Br)c[nH]c1=O. The van der Waals surface area contributed by atoms with E-state index in [0.717, 1.165) is 4.47 Å². The highest BCUT2D eigenvalue weighted by molar-refractivity contribution is 9.10. The summed E-state index contributed by atoms with van der Waals surface area (Å²) in [5, 5.41) is 8.71. The molecule has 0 saturated carbocycles. The number of hydrogen-bond donors (Lipinski definition) is 3. The van der Waals surface area contributed by atoms with Crippen LogP contribution in [0.3, 0.4) is 0 Å². The van der Waals surface area contributed by atoms with Crippen LogP contribution < -0.4 is 11.3 Å². The minimum Gasteiger partial charge on any atom is -0.394 e. The lowest BCUT2D eigenvalue weighted by molar-refractivity contribution is 0.267. The molecule has 12 heavy (non-hydrogen) atoms. The molecule has 0 radical (unpaired) electrons. The van der Waals surface area contributed by atoms with Gasteiger partial charge in [0.25, 0.3) is 5.56 Å². The summed E-state index contributed by atoms with van der Waals surface area (Å²) in [5.74, 6) is 0. The zero-order valence-corrected chi connectivity index (χ0v) is 7.84. The van der Waals surface area contributed by atoms with Crippen LogP contribution in [0.2, 0.25) is 0 Å². The van der Waals surface area contributed by atoms with Crippen LogP contribution in [-0.4, -0.2) is 16.7 Å². The van der Waals surface area contributed by atoms with Gasteiger partial charge in [0.1, 0.15) is 0 Å². The summed E-state index contributed by atoms with van der Waals surface area (Å²) >= 11 is 3.19. The number of aliphatic hydroxyl groups excluding tert-OH is 1. The van der Waals surface area contributed by atoms with E-state index in [1.165, 1.54) is 6.20 Å². The fourth-order valence-corrected chi connectivity index (χ4v) is 1.21. The molecule has 0 aliphatic heterocycles. The molecule has 0 aliphatic carbocycles. The molecule has 0 fully saturated rings. The molecule has 1 atom stereocenters. The number of pyridine rings is 1. The quantitative estimate of drug-likeness (QED) is 0.679. The van der Waals surface area contributed by atoms with Gasteiger partial charge in [-0.2, -0.15) is 0 Å². The Labute approximate surface area is 77.5 Å². The summed E-state index contributed by atoms with van der Waals surface area (Å²) in [7, 11) is 0. The first-order valence-electron chi connectivity index (χ1n) is 3.39. The van der Waals surface area contributed by atoms with E-state index in [1.54, 1.807) is 6.07 Å². The number of rotatable bonds is 2. The van der Waals surface area contributed by atoms with Crippen LogP contribution in [0.1, 0.15) is 11.6 Å². The maximum absolute atomic E-state index is 11.1. The van der Waals surface area contributed by atoms with Crippen molar-refractivity contribution in [2.75, 3.05) is 6.61 Å². The molecule has 4 nitrogen and oxygen atoms in total. The first-order chi connectivity index (χ1) is 5.65. The molecule has 0 spiro atoms. The number of hydrogen-bond acceptors (Lipinski definition) is 3. The predicted octanol–water partition coefficient (Wildman–Crippen LogP) is 0.129. The summed E-state index contributed by atoms with van der Waals surface area (Å²) < 4.78 is 0.737. The highest BCUT2D eigenvalue weighted by Gasteiger charge is 2.08. The fraction of sp³-hybridized carbons (Fsp3) is 0.286. The second-order valence-electron chi connectivity index (χ2n) is 2.39. The molecule has 66 valence electrons. The second kappa shape index (κ2) is 3.84. The van der Waals surface area contributed by atoms with Crippen LogP contribution in [0, 0.1) is 0 Å². The summed E-state index contributed by atoms with van der Waals surface area (Å²) in [6, 6.07) is 0.978. The maximum Gasteiger partial charge on any atom is 0.252 e. The topological polar surface area (TPSA) is 79.1 Å². The molecule has 1 aromatic heterocycles. The van der Waals surface area contributed by atoms with Gasteiger partial charge in [-0.3, -0.25) is 4.79 Å². The summed E-state index contributed by atoms with van der Waals surface area (Å²) in [6.45, 7) is -0.237. The third kappa shape index (κ3) is 1.94. The summed E-state index contributed by atoms with van der Waals surface area (Å²) in [5.41, 5.74) is 5.59. The molecule has 0 aromatic carbocycles. The maximum atomic E-state index is 11.1. The highest BCUT2D eigenvalue weighted by atomic mass is 79.9. The molecule has 0 unspecified atom stereocenters. The molecule has 0 saturated heterocycles. The van der Waals surface area contributed by atoms with E-state index in [-0.39, 0.29) is 12.2 Å². The number of aromatic amines is 1. The first-order valence-corrected chi connectivity index (χ1v) is 4.19. The van der Waals surface area contributed by atoms with Gasteiger partial charge in [0.15, 0.2) is 0 Å². The molecule has 0 amide bonds. The monoisotopic (exact) mass is 232 g/mol. The Balaban J connectivity index is 3.13. The zero-order chi connectivity index (χ0) is 9.14. The average Bonchev–Trinajstić information content (AvgIpc) is 2.08. The van der Waals surface area contributed by atoms with Gasteiger partial charge in [-0.05, 0) is 22.0 Å². The van der Waals surface area contributed by atoms with Crippen molar-refractivity contribution in [3.63, 3.8) is 0 Å². The molecule has 1 rings (SSSR count). The van der Waals surface area contributed by atoms with Crippen LogP contribution in [0.5, 0.6) is 0 Å². The van der Waals surface area contributed by atoms with Crippen molar-refractivity contribution < 1.29 is 5.11 Å². The van der Waals surface area contributed by atoms with E-state index in [1.807, 2.05) is 0 Å². The second-order valence-corrected chi connectivity index (χ2v) is 3.31. The normalized spacial score (nSPS) is 12.9. The number of aliphatic hydroxyl groups is 1. The summed E-state index contributed by atoms with van der Waals surface area (Å²) in [4.78, 5) is 13.6. The van der Waals surface area contributed by atoms with Gasteiger partial charge in [0.05, 0.1) is 12.6 Å². The first kappa shape index (κ1) is 9.44. The van der Waals surface area contributed by atoms with Crippen molar-refractivity contribution in [1.29, 1.82) is 0 Å². The van der Waals surface area contributed by atoms with E-state index in [4.69, 9.17) is 10.8 Å². The average molecular weight is 233 g/mol. The van der Waals surface area contributed by atoms with Crippen LogP contribution >= 0.6 is 15.9 Å². The minimum atomic E-state index is -0.619. The molecular formula is C7H9BrN2O2. The van der Waals surface area contributed by atoms with Crippen molar-refractivity contribution >= 4 is 15.9 Å². The Kier molecular flexibility index (Phi) is 3.02. The lowest BCUT2D eigenvalue weighted by atomic mass is 10.1. The van der Waals surface area contributed by atoms with Gasteiger partial charge >= 0.3 is 0 Å². The Bertz CT molecular complexity index is 323. The van der Waals surface area contributed by atoms with E-state index in [9.17, 15) is 4.79 Å². The smallest absolute Gasteiger partial charge is 0.252 e. The van der Waals surface area contributed by atoms with E-state index >= 15 is 0 Å². The fourth-order valence-electron chi connectivity index (χ4n) is 0.847. The predicted molar refractivity (Wildman–Crippen MR) is 48.8 cm³/mol. The van der Waals surface area contributed by atoms with E-state index in [2.05, 4.69) is 20.9 Å². The van der Waals surface area contributed by atoms with Crippen molar-refractivity contribution in [2.45, 2.75) is 6.04 Å². The number of nitrogens with one attached hydrogen (secondary N) is 1. The Morgan fingerprint density at radius 2 is 2.42 bits per heavy atom. The number of nitrogens with two attached hydrogens (primary N) is 1. The Hall–Kier alpha value is -0.650. The number of aromatic nitrogens is 1. The molecule has 4 N–H and O–H groups in total. The third-order valence-electron chi connectivity index (χ3n) is 1.49. The van der Waals surface area contributed by atoms with Crippen LogP contribution in [0.25, 0.3) is 0 Å². The van der Waals surface area contributed by atoms with Crippen molar-refractivity contribution in [1.82, 2.24) is 4.98 Å². The third-order valence-corrected chi connectivity index (χ3v) is 1.95. The van der Waals surface area contributed by atoms with Crippen molar-refractivity contribution in [3.05, 3.63) is 32.7 Å². The van der Waals surface area contributed by atoms with Gasteiger partial charge in [-0.25, -0.2) is 0 Å². The van der Waals surface area contributed by atoms with Crippen molar-refractivity contribution in [2.24, 2.45) is 5.73 Å². The molecule has 0 aliphatic rings. The van der Waals surface area contributed by atoms with Gasteiger partial charge in [-0.1, -0.05) is 0 Å². The zero-order valence-electron chi connectivity index (χ0n) is 6.25. The molecular weight excluding hydrogens is 224 g/mol. The van der Waals surface area contributed by atoms with Crippen molar-refractivity contribution in [3.8, 4) is 0 Å². The van der Waals surface area contributed by atoms with Crippen LogP contribution in [0.15, 0.2) is 21.5 Å². The largest absolute Gasteiger partial charge is 0.394 e. The number of H-pyrrole nitrogens is 1. The van der Waals surface area contributed by atoms with Gasteiger partial charge < -0.3 is 15.8 Å². The minimum absolute atomic E-state index is 0.237. The lowest BCUT2D eigenvalue weighted by Crippen LogP contribution is -2.23. The van der Waals surface area contributed by atoms with Crippen LogP contribution in [-0.2, 0) is 0 Å². The van der Waals surface area contributed by atoms with E-state index < -0.39 is 6.04 Å². The molecule has 0 bridgehead atoms. The molecule has 1 heterocycles. The van der Waals surface area contributed by atoms with E-state index in [0.29, 0.717) is 5.56 Å². The lowest BCUT2D eigenvalue weighted by Gasteiger charge is -2.06. The molecule has 5 heteroatoms. The highest BCUT2D eigenvalue weighted by Crippen LogP contribution is 2.10. The van der Waals surface area contributed by atoms with Crippen LogP contribution in [0.4, 0.5) is 0 Å².